The quantitative estimate of drug-likeness (QED) is 0.794. The van der Waals surface area contributed by atoms with Crippen LogP contribution in [0.4, 0.5) is 0 Å². The molecule has 1 aliphatic carbocycles. The SMILES string of the molecule is Oc1ccc(C2(c3ccc(Cl)cc3)CCCCC2)cc1. The molecule has 0 saturated heterocycles. The van der Waals surface area contributed by atoms with Gasteiger partial charge in [-0.2, -0.15) is 0 Å². The van der Waals surface area contributed by atoms with Gasteiger partial charge in [0.05, 0.1) is 0 Å². The van der Waals surface area contributed by atoms with Crippen LogP contribution in [0.15, 0.2) is 48.5 Å². The average molecular weight is 287 g/mol. The van der Waals surface area contributed by atoms with Gasteiger partial charge >= 0.3 is 0 Å². The van der Waals surface area contributed by atoms with Gasteiger partial charge in [0.15, 0.2) is 0 Å². The van der Waals surface area contributed by atoms with Crippen LogP contribution in [0, 0.1) is 0 Å². The molecule has 0 heterocycles. The van der Waals surface area contributed by atoms with Crippen LogP contribution in [-0.4, -0.2) is 5.11 Å². The Morgan fingerprint density at radius 3 is 1.80 bits per heavy atom. The number of hydrogen-bond acceptors (Lipinski definition) is 1. The predicted molar refractivity (Wildman–Crippen MR) is 83.4 cm³/mol. The summed E-state index contributed by atoms with van der Waals surface area (Å²) in [6, 6.07) is 16.0. The Kier molecular flexibility index (Phi) is 3.71. The maximum Gasteiger partial charge on any atom is 0.115 e. The van der Waals surface area contributed by atoms with Crippen molar-refractivity contribution in [1.82, 2.24) is 0 Å². The first-order valence-electron chi connectivity index (χ1n) is 7.26. The van der Waals surface area contributed by atoms with Crippen molar-refractivity contribution in [2.24, 2.45) is 0 Å². The molecule has 0 spiro atoms. The second-order valence-electron chi connectivity index (χ2n) is 5.70. The Morgan fingerprint density at radius 1 is 0.750 bits per heavy atom. The zero-order chi connectivity index (χ0) is 14.0. The molecule has 20 heavy (non-hydrogen) atoms. The number of rotatable bonds is 2. The molecule has 0 atom stereocenters. The molecular formula is C18H19ClO. The lowest BCUT2D eigenvalue weighted by atomic mass is 9.65. The average Bonchev–Trinajstić information content (AvgIpc) is 2.49. The van der Waals surface area contributed by atoms with E-state index < -0.39 is 0 Å². The van der Waals surface area contributed by atoms with Crippen LogP contribution < -0.4 is 0 Å². The Balaban J connectivity index is 2.08. The molecule has 1 N–H and O–H groups in total. The monoisotopic (exact) mass is 286 g/mol. The van der Waals surface area contributed by atoms with E-state index >= 15 is 0 Å². The van der Waals surface area contributed by atoms with Crippen molar-refractivity contribution in [1.29, 1.82) is 0 Å². The third kappa shape index (κ3) is 2.43. The second kappa shape index (κ2) is 5.49. The zero-order valence-electron chi connectivity index (χ0n) is 11.5. The van der Waals surface area contributed by atoms with E-state index in [4.69, 9.17) is 11.6 Å². The summed E-state index contributed by atoms with van der Waals surface area (Å²) < 4.78 is 0. The van der Waals surface area contributed by atoms with Gasteiger partial charge < -0.3 is 5.11 Å². The summed E-state index contributed by atoms with van der Waals surface area (Å²) in [4.78, 5) is 0. The van der Waals surface area contributed by atoms with Crippen molar-refractivity contribution >= 4 is 11.6 Å². The van der Waals surface area contributed by atoms with Crippen LogP contribution in [0.5, 0.6) is 5.75 Å². The van der Waals surface area contributed by atoms with Gasteiger partial charge in [-0.05, 0) is 48.2 Å². The molecule has 0 aromatic heterocycles. The minimum atomic E-state index is 0.0799. The topological polar surface area (TPSA) is 20.2 Å². The summed E-state index contributed by atoms with van der Waals surface area (Å²) in [6.45, 7) is 0. The van der Waals surface area contributed by atoms with Gasteiger partial charge in [0.2, 0.25) is 0 Å². The summed E-state index contributed by atoms with van der Waals surface area (Å²) in [5.41, 5.74) is 2.72. The lowest BCUT2D eigenvalue weighted by Gasteiger charge is -2.38. The highest BCUT2D eigenvalue weighted by Gasteiger charge is 2.35. The second-order valence-corrected chi connectivity index (χ2v) is 6.13. The van der Waals surface area contributed by atoms with Crippen LogP contribution in [-0.2, 0) is 5.41 Å². The third-order valence-corrected chi connectivity index (χ3v) is 4.78. The molecule has 1 nitrogen and oxygen atoms in total. The highest BCUT2D eigenvalue weighted by Crippen LogP contribution is 2.45. The number of phenolic OH excluding ortho intramolecular Hbond substituents is 1. The van der Waals surface area contributed by atoms with Crippen molar-refractivity contribution in [3.05, 3.63) is 64.7 Å². The van der Waals surface area contributed by atoms with Gasteiger partial charge in [0.1, 0.15) is 5.75 Å². The van der Waals surface area contributed by atoms with Crippen molar-refractivity contribution in [3.8, 4) is 5.75 Å². The number of benzene rings is 2. The molecule has 2 heteroatoms. The van der Waals surface area contributed by atoms with Gasteiger partial charge in [-0.25, -0.2) is 0 Å². The molecule has 1 fully saturated rings. The van der Waals surface area contributed by atoms with E-state index in [0.29, 0.717) is 5.75 Å². The number of phenols is 1. The van der Waals surface area contributed by atoms with Gasteiger partial charge in [-0.15, -0.1) is 0 Å². The van der Waals surface area contributed by atoms with Gasteiger partial charge in [-0.3, -0.25) is 0 Å². The smallest absolute Gasteiger partial charge is 0.115 e. The molecule has 104 valence electrons. The van der Waals surface area contributed by atoms with E-state index in [1.807, 2.05) is 12.1 Å². The molecule has 3 rings (SSSR count). The predicted octanol–water partition coefficient (Wildman–Crippen LogP) is 5.30. The van der Waals surface area contributed by atoms with E-state index in [-0.39, 0.29) is 5.41 Å². The minimum Gasteiger partial charge on any atom is -0.508 e. The highest BCUT2D eigenvalue weighted by atomic mass is 35.5. The first-order valence-corrected chi connectivity index (χ1v) is 7.64. The largest absolute Gasteiger partial charge is 0.508 e. The van der Waals surface area contributed by atoms with E-state index in [2.05, 4.69) is 24.3 Å². The fourth-order valence-corrected chi connectivity index (χ4v) is 3.57. The molecule has 0 unspecified atom stereocenters. The molecule has 1 aliphatic rings. The maximum absolute atomic E-state index is 9.53. The Labute approximate surface area is 125 Å². The van der Waals surface area contributed by atoms with Crippen molar-refractivity contribution in [3.63, 3.8) is 0 Å². The summed E-state index contributed by atoms with van der Waals surface area (Å²) in [5, 5.41) is 10.3. The molecular weight excluding hydrogens is 268 g/mol. The first kappa shape index (κ1) is 13.5. The van der Waals surface area contributed by atoms with Crippen molar-refractivity contribution < 1.29 is 5.11 Å². The molecule has 0 bridgehead atoms. The van der Waals surface area contributed by atoms with E-state index in [0.717, 1.165) is 5.02 Å². The molecule has 0 amide bonds. The third-order valence-electron chi connectivity index (χ3n) is 4.52. The Morgan fingerprint density at radius 2 is 1.25 bits per heavy atom. The fourth-order valence-electron chi connectivity index (χ4n) is 3.45. The van der Waals surface area contributed by atoms with E-state index in [1.54, 1.807) is 12.1 Å². The lowest BCUT2D eigenvalue weighted by molar-refractivity contribution is 0.345. The van der Waals surface area contributed by atoms with Gasteiger partial charge in [0.25, 0.3) is 0 Å². The zero-order valence-corrected chi connectivity index (χ0v) is 12.2. The number of halogens is 1. The van der Waals surface area contributed by atoms with Crippen molar-refractivity contribution in [2.45, 2.75) is 37.5 Å². The van der Waals surface area contributed by atoms with E-state index in [9.17, 15) is 5.11 Å². The summed E-state index contributed by atoms with van der Waals surface area (Å²) in [7, 11) is 0. The Bertz CT molecular complexity index is 518. The summed E-state index contributed by atoms with van der Waals surface area (Å²) in [5.74, 6) is 0.329. The van der Waals surface area contributed by atoms with Crippen LogP contribution >= 0.6 is 11.6 Å². The van der Waals surface area contributed by atoms with Crippen LogP contribution in [0.2, 0.25) is 5.02 Å². The minimum absolute atomic E-state index is 0.0799. The first-order chi connectivity index (χ1) is 9.71. The van der Waals surface area contributed by atoms with Gasteiger partial charge in [-0.1, -0.05) is 55.1 Å². The molecule has 1 saturated carbocycles. The normalized spacial score (nSPS) is 17.9. The van der Waals surface area contributed by atoms with Crippen molar-refractivity contribution in [2.75, 3.05) is 0 Å². The van der Waals surface area contributed by atoms with Crippen LogP contribution in [0.3, 0.4) is 0 Å². The highest BCUT2D eigenvalue weighted by molar-refractivity contribution is 6.30. The molecule has 0 aliphatic heterocycles. The summed E-state index contributed by atoms with van der Waals surface area (Å²) >= 11 is 6.03. The standard InChI is InChI=1S/C18H19ClO/c19-16-8-4-14(5-9-16)18(12-2-1-3-13-18)15-6-10-17(20)11-7-15/h4-11,20H,1-3,12-13H2. The molecule has 0 radical (unpaired) electrons. The van der Waals surface area contributed by atoms with E-state index in [1.165, 1.54) is 43.2 Å². The van der Waals surface area contributed by atoms with Crippen LogP contribution in [0.25, 0.3) is 0 Å². The number of hydrogen-bond donors (Lipinski definition) is 1. The molecule has 2 aromatic rings. The number of aromatic hydroxyl groups is 1. The fraction of sp³-hybridized carbons (Fsp3) is 0.333. The Hall–Kier alpha value is -1.47. The van der Waals surface area contributed by atoms with Gasteiger partial charge in [0, 0.05) is 10.4 Å². The maximum atomic E-state index is 9.53. The lowest BCUT2D eigenvalue weighted by Crippen LogP contribution is -2.30. The van der Waals surface area contributed by atoms with Crippen LogP contribution in [0.1, 0.15) is 43.2 Å². The summed E-state index contributed by atoms with van der Waals surface area (Å²) in [6.07, 6.45) is 6.15. The molecule has 2 aromatic carbocycles.